The van der Waals surface area contributed by atoms with E-state index in [1.54, 1.807) is 0 Å². The second-order valence-corrected chi connectivity index (χ2v) is 9.31. The van der Waals surface area contributed by atoms with Crippen LogP contribution in [0, 0.1) is 5.92 Å². The standard InChI is InChI=1S/C24H29ClN4O2/c25-20-5-3-18(4-6-20)22-2-1-10-29(22)24(30)28-11-7-19-15-26-23(27-21(19)16-28)14-17-8-12-31-13-9-17/h3-6,15,17,22H,1-2,7-14,16H2. The maximum absolute atomic E-state index is 13.4. The average molecular weight is 441 g/mol. The predicted octanol–water partition coefficient (Wildman–Crippen LogP) is 4.41. The molecule has 164 valence electrons. The van der Waals surface area contributed by atoms with E-state index in [-0.39, 0.29) is 12.1 Å². The number of benzene rings is 1. The van der Waals surface area contributed by atoms with Gasteiger partial charge in [0.25, 0.3) is 0 Å². The van der Waals surface area contributed by atoms with E-state index in [9.17, 15) is 4.79 Å². The number of amides is 2. The molecule has 0 aliphatic carbocycles. The number of fused-ring (bicyclic) bond motifs is 1. The van der Waals surface area contributed by atoms with Crippen LogP contribution in [-0.4, -0.2) is 52.1 Å². The fourth-order valence-corrected chi connectivity index (χ4v) is 5.15. The van der Waals surface area contributed by atoms with Crippen molar-refractivity contribution < 1.29 is 9.53 Å². The molecular weight excluding hydrogens is 412 g/mol. The van der Waals surface area contributed by atoms with Crippen LogP contribution in [0.25, 0.3) is 0 Å². The summed E-state index contributed by atoms with van der Waals surface area (Å²) in [5, 5.41) is 0.725. The third-order valence-corrected chi connectivity index (χ3v) is 7.08. The van der Waals surface area contributed by atoms with Gasteiger partial charge in [0.05, 0.1) is 18.3 Å². The molecule has 2 saturated heterocycles. The molecule has 1 aromatic heterocycles. The average Bonchev–Trinajstić information content (AvgIpc) is 3.29. The van der Waals surface area contributed by atoms with E-state index < -0.39 is 0 Å². The largest absolute Gasteiger partial charge is 0.381 e. The normalized spacial score (nSPS) is 21.9. The molecule has 3 aliphatic rings. The van der Waals surface area contributed by atoms with Gasteiger partial charge in [0.1, 0.15) is 5.82 Å². The Balaban J connectivity index is 1.28. The fourth-order valence-electron chi connectivity index (χ4n) is 5.02. The molecule has 4 heterocycles. The van der Waals surface area contributed by atoms with Crippen LogP contribution in [0.1, 0.15) is 54.4 Å². The monoisotopic (exact) mass is 440 g/mol. The van der Waals surface area contributed by atoms with Gasteiger partial charge in [-0.1, -0.05) is 23.7 Å². The highest BCUT2D eigenvalue weighted by Gasteiger charge is 2.34. The molecule has 1 atom stereocenters. The van der Waals surface area contributed by atoms with Crippen LogP contribution in [0.3, 0.4) is 0 Å². The number of carbonyl (C=O) groups excluding carboxylic acids is 1. The number of urea groups is 1. The van der Waals surface area contributed by atoms with Crippen molar-refractivity contribution in [3.8, 4) is 0 Å². The van der Waals surface area contributed by atoms with Crippen molar-refractivity contribution >= 4 is 17.6 Å². The highest BCUT2D eigenvalue weighted by Crippen LogP contribution is 2.34. The Labute approximate surface area is 188 Å². The van der Waals surface area contributed by atoms with Crippen LogP contribution < -0.4 is 0 Å². The van der Waals surface area contributed by atoms with Crippen molar-refractivity contribution in [3.63, 3.8) is 0 Å². The summed E-state index contributed by atoms with van der Waals surface area (Å²) in [7, 11) is 0. The molecule has 6 nitrogen and oxygen atoms in total. The molecule has 0 saturated carbocycles. The predicted molar refractivity (Wildman–Crippen MR) is 119 cm³/mol. The molecule has 1 aromatic carbocycles. The minimum absolute atomic E-state index is 0.118. The van der Waals surface area contributed by atoms with Crippen LogP contribution in [-0.2, 0) is 24.1 Å². The second-order valence-electron chi connectivity index (χ2n) is 8.88. The van der Waals surface area contributed by atoms with E-state index in [1.807, 2.05) is 40.3 Å². The van der Waals surface area contributed by atoms with Crippen molar-refractivity contribution in [1.29, 1.82) is 0 Å². The van der Waals surface area contributed by atoms with E-state index >= 15 is 0 Å². The van der Waals surface area contributed by atoms with Gasteiger partial charge in [0.15, 0.2) is 0 Å². The lowest BCUT2D eigenvalue weighted by Crippen LogP contribution is -2.45. The minimum Gasteiger partial charge on any atom is -0.381 e. The lowest BCUT2D eigenvalue weighted by molar-refractivity contribution is 0.0659. The van der Waals surface area contributed by atoms with Crippen LogP contribution in [0.5, 0.6) is 0 Å². The zero-order valence-electron chi connectivity index (χ0n) is 17.8. The molecule has 0 radical (unpaired) electrons. The highest BCUT2D eigenvalue weighted by molar-refractivity contribution is 6.30. The van der Waals surface area contributed by atoms with Crippen molar-refractivity contribution in [2.45, 2.75) is 51.1 Å². The lowest BCUT2D eigenvalue weighted by Gasteiger charge is -2.34. The van der Waals surface area contributed by atoms with Crippen LogP contribution in [0.4, 0.5) is 4.79 Å². The zero-order chi connectivity index (χ0) is 21.2. The molecule has 1 unspecified atom stereocenters. The summed E-state index contributed by atoms with van der Waals surface area (Å²) in [6.07, 6.45) is 7.87. The Hall–Kier alpha value is -2.18. The maximum Gasteiger partial charge on any atom is 0.320 e. The summed E-state index contributed by atoms with van der Waals surface area (Å²) < 4.78 is 5.47. The third-order valence-electron chi connectivity index (χ3n) is 6.83. The van der Waals surface area contributed by atoms with E-state index in [0.29, 0.717) is 12.5 Å². The first-order valence-electron chi connectivity index (χ1n) is 11.4. The van der Waals surface area contributed by atoms with Gasteiger partial charge in [-0.25, -0.2) is 14.8 Å². The fraction of sp³-hybridized carbons (Fsp3) is 0.542. The first-order chi connectivity index (χ1) is 15.2. The number of carbonyl (C=O) groups is 1. The van der Waals surface area contributed by atoms with Gasteiger partial charge in [0, 0.05) is 43.9 Å². The van der Waals surface area contributed by atoms with Crippen molar-refractivity contribution in [2.24, 2.45) is 5.92 Å². The first kappa shape index (κ1) is 20.7. The van der Waals surface area contributed by atoms with Gasteiger partial charge in [-0.05, 0) is 61.3 Å². The molecule has 5 rings (SSSR count). The minimum atomic E-state index is 0.118. The SMILES string of the molecule is O=C(N1CCc2cnc(CC3CCOCC3)nc2C1)N1CCCC1c1ccc(Cl)cc1. The second kappa shape index (κ2) is 9.13. The molecule has 0 spiro atoms. The highest BCUT2D eigenvalue weighted by atomic mass is 35.5. The van der Waals surface area contributed by atoms with Crippen LogP contribution >= 0.6 is 11.6 Å². The van der Waals surface area contributed by atoms with Gasteiger partial charge < -0.3 is 14.5 Å². The number of likely N-dealkylation sites (tertiary alicyclic amines) is 1. The van der Waals surface area contributed by atoms with Crippen molar-refractivity contribution in [2.75, 3.05) is 26.3 Å². The topological polar surface area (TPSA) is 58.6 Å². The summed E-state index contributed by atoms with van der Waals surface area (Å²) in [6.45, 7) is 3.76. The van der Waals surface area contributed by atoms with Crippen molar-refractivity contribution in [3.05, 3.63) is 58.1 Å². The van der Waals surface area contributed by atoms with Crippen LogP contribution in [0.15, 0.2) is 30.5 Å². The summed E-state index contributed by atoms with van der Waals surface area (Å²) >= 11 is 6.05. The van der Waals surface area contributed by atoms with Gasteiger partial charge in [0.2, 0.25) is 0 Å². The molecule has 7 heteroatoms. The molecule has 0 bridgehead atoms. The number of halogens is 1. The third kappa shape index (κ3) is 4.55. The van der Waals surface area contributed by atoms with Gasteiger partial charge >= 0.3 is 6.03 Å². The number of ether oxygens (including phenoxy) is 1. The smallest absolute Gasteiger partial charge is 0.320 e. The number of rotatable bonds is 3. The number of nitrogens with zero attached hydrogens (tertiary/aromatic N) is 4. The van der Waals surface area contributed by atoms with E-state index in [2.05, 4.69) is 4.98 Å². The Morgan fingerprint density at radius 3 is 2.74 bits per heavy atom. The van der Waals surface area contributed by atoms with Gasteiger partial charge in [-0.15, -0.1) is 0 Å². The molecule has 31 heavy (non-hydrogen) atoms. The lowest BCUT2D eigenvalue weighted by atomic mass is 9.96. The first-order valence-corrected chi connectivity index (χ1v) is 11.8. The quantitative estimate of drug-likeness (QED) is 0.709. The molecule has 3 aliphatic heterocycles. The Morgan fingerprint density at radius 1 is 1.13 bits per heavy atom. The molecule has 2 fully saturated rings. The molecule has 2 aromatic rings. The Morgan fingerprint density at radius 2 is 1.94 bits per heavy atom. The van der Waals surface area contributed by atoms with Crippen LogP contribution in [0.2, 0.25) is 5.02 Å². The number of hydrogen-bond donors (Lipinski definition) is 0. The van der Waals surface area contributed by atoms with E-state index in [1.165, 1.54) is 5.56 Å². The Bertz CT molecular complexity index is 930. The number of aromatic nitrogens is 2. The molecule has 0 N–H and O–H groups in total. The summed E-state index contributed by atoms with van der Waals surface area (Å²) in [6, 6.07) is 8.14. The van der Waals surface area contributed by atoms with E-state index in [4.69, 9.17) is 21.3 Å². The van der Waals surface area contributed by atoms with Gasteiger partial charge in [-0.2, -0.15) is 0 Å². The van der Waals surface area contributed by atoms with Gasteiger partial charge in [-0.3, -0.25) is 0 Å². The summed E-state index contributed by atoms with van der Waals surface area (Å²) in [4.78, 5) is 26.9. The maximum atomic E-state index is 13.4. The summed E-state index contributed by atoms with van der Waals surface area (Å²) in [5.74, 6) is 1.50. The molecular formula is C24H29ClN4O2. The van der Waals surface area contributed by atoms with E-state index in [0.717, 1.165) is 86.9 Å². The number of hydrogen-bond acceptors (Lipinski definition) is 4. The summed E-state index contributed by atoms with van der Waals surface area (Å²) in [5.41, 5.74) is 3.35. The van der Waals surface area contributed by atoms with Crippen molar-refractivity contribution in [1.82, 2.24) is 19.8 Å². The zero-order valence-corrected chi connectivity index (χ0v) is 18.6. The Kier molecular flexibility index (Phi) is 6.10. The molecule has 2 amide bonds.